The van der Waals surface area contributed by atoms with Gasteiger partial charge in [0.05, 0.1) is 0 Å². The van der Waals surface area contributed by atoms with Crippen molar-refractivity contribution >= 4 is 12.0 Å². The summed E-state index contributed by atoms with van der Waals surface area (Å²) in [6.07, 6.45) is 0. The predicted molar refractivity (Wildman–Crippen MR) is 24.5 cm³/mol. The Bertz CT molecular complexity index is 70.5. The molecule has 0 unspecified atom stereocenters. The number of amides is 2. The highest BCUT2D eigenvalue weighted by Gasteiger charge is 1.60. The van der Waals surface area contributed by atoms with Gasteiger partial charge in [-0.2, -0.15) is 0 Å². The predicted octanol–water partition coefficient (Wildman–Crippen LogP) is -2.22. The zero-order valence-electron chi connectivity index (χ0n) is 4.38. The number of carboxylic acids is 1. The maximum Gasteiger partial charge on any atom is 0.309 e. The fraction of sp³-hybridized carbons (Fsp3) is 0.333. The van der Waals surface area contributed by atoms with E-state index in [9.17, 15) is 0 Å². The lowest BCUT2D eigenvalue weighted by molar-refractivity contribution is -0.302. The molecule has 0 saturated heterocycles. The van der Waals surface area contributed by atoms with Crippen molar-refractivity contribution in [2.75, 3.05) is 0 Å². The van der Waals surface area contributed by atoms with Gasteiger partial charge in [-0.3, -0.25) is 0 Å². The highest BCUT2D eigenvalue weighted by Crippen LogP contribution is 1.31. The Labute approximate surface area is 46.3 Å². The van der Waals surface area contributed by atoms with Crippen LogP contribution in [-0.2, 0) is 4.79 Å². The van der Waals surface area contributed by atoms with Crippen molar-refractivity contribution in [3.05, 3.63) is 0 Å². The van der Waals surface area contributed by atoms with Crippen LogP contribution < -0.4 is 16.6 Å². The molecule has 0 aliphatic carbocycles. The second-order valence-electron chi connectivity index (χ2n) is 0.894. The number of carbonyl (C=O) groups is 2. The summed E-state index contributed by atoms with van der Waals surface area (Å²) < 4.78 is 0. The molecule has 5 heteroatoms. The van der Waals surface area contributed by atoms with Gasteiger partial charge in [0, 0.05) is 5.97 Å². The summed E-state index contributed by atoms with van der Waals surface area (Å²) in [7, 11) is 0. The fourth-order valence-electron chi connectivity index (χ4n) is 0. The summed E-state index contributed by atoms with van der Waals surface area (Å²) in [5, 5.41) is 8.89. The zero-order valence-corrected chi connectivity index (χ0v) is 4.38. The van der Waals surface area contributed by atoms with E-state index >= 15 is 0 Å². The van der Waals surface area contributed by atoms with Crippen LogP contribution in [-0.4, -0.2) is 12.0 Å². The number of hydrogen-bond donors (Lipinski definition) is 2. The van der Waals surface area contributed by atoms with E-state index in [0.717, 1.165) is 6.92 Å². The molecule has 0 aliphatic heterocycles. The largest absolute Gasteiger partial charge is 0.550 e. The molecule has 48 valence electrons. The van der Waals surface area contributed by atoms with Crippen LogP contribution in [0.4, 0.5) is 4.79 Å². The second kappa shape index (κ2) is 5.74. The molecule has 5 nitrogen and oxygen atoms in total. The Balaban J connectivity index is 0. The monoisotopic (exact) mass is 119 g/mol. The highest BCUT2D eigenvalue weighted by molar-refractivity contribution is 5.69. The molecule has 0 spiro atoms. The molecule has 0 rings (SSSR count). The quantitative estimate of drug-likeness (QED) is 0.377. The van der Waals surface area contributed by atoms with Gasteiger partial charge < -0.3 is 21.4 Å². The van der Waals surface area contributed by atoms with Crippen molar-refractivity contribution in [2.45, 2.75) is 6.92 Å². The first-order valence-electron chi connectivity index (χ1n) is 1.69. The summed E-state index contributed by atoms with van der Waals surface area (Å²) in [5.41, 5.74) is 8.50. The van der Waals surface area contributed by atoms with E-state index < -0.39 is 12.0 Å². The van der Waals surface area contributed by atoms with Gasteiger partial charge in [0.1, 0.15) is 0 Å². The van der Waals surface area contributed by atoms with Gasteiger partial charge in [-0.05, 0) is 6.92 Å². The summed E-state index contributed by atoms with van der Waals surface area (Å²) in [6, 6.07) is -0.833. The van der Waals surface area contributed by atoms with Crippen LogP contribution in [0.2, 0.25) is 0 Å². The number of rotatable bonds is 0. The maximum atomic E-state index is 9.00. The molecule has 0 aromatic rings. The minimum Gasteiger partial charge on any atom is -0.550 e. The summed E-state index contributed by atoms with van der Waals surface area (Å²) in [6.45, 7) is 0.972. The number of aliphatic carboxylic acids is 1. The van der Waals surface area contributed by atoms with Gasteiger partial charge in [-0.25, -0.2) is 4.79 Å². The fourth-order valence-corrected chi connectivity index (χ4v) is 0. The van der Waals surface area contributed by atoms with Crippen LogP contribution in [0, 0.1) is 0 Å². The molecule has 4 N–H and O–H groups in total. The topological polar surface area (TPSA) is 109 Å². The van der Waals surface area contributed by atoms with E-state index in [0.29, 0.717) is 0 Å². The van der Waals surface area contributed by atoms with Crippen molar-refractivity contribution in [1.82, 2.24) is 0 Å². The van der Waals surface area contributed by atoms with Gasteiger partial charge in [-0.1, -0.05) is 0 Å². The molecule has 0 aliphatic rings. The molecule has 0 fully saturated rings. The van der Waals surface area contributed by atoms with E-state index in [1.807, 2.05) is 0 Å². The molecule has 0 aromatic heterocycles. The second-order valence-corrected chi connectivity index (χ2v) is 0.894. The maximum absolute atomic E-state index is 9.00. The molecule has 0 radical (unpaired) electrons. The van der Waals surface area contributed by atoms with Crippen LogP contribution in [0.5, 0.6) is 0 Å². The van der Waals surface area contributed by atoms with Crippen LogP contribution in [0.3, 0.4) is 0 Å². The number of hydrogen-bond acceptors (Lipinski definition) is 3. The first-order chi connectivity index (χ1) is 3.46. The van der Waals surface area contributed by atoms with Crippen molar-refractivity contribution < 1.29 is 14.7 Å². The third-order valence-corrected chi connectivity index (χ3v) is 0. The molecule has 2 amide bonds. The lowest BCUT2D eigenvalue weighted by atomic mass is 10.9. The SMILES string of the molecule is CC(=O)[O-].NC(N)=O. The molecule has 0 heterocycles. The molecule has 0 bridgehead atoms. The Morgan fingerprint density at radius 1 is 1.38 bits per heavy atom. The van der Waals surface area contributed by atoms with E-state index in [-0.39, 0.29) is 0 Å². The normalized spacial score (nSPS) is 6.12. The number of carboxylic acid groups (broad SMARTS) is 1. The summed E-state index contributed by atoms with van der Waals surface area (Å²) >= 11 is 0. The Morgan fingerprint density at radius 3 is 1.38 bits per heavy atom. The Kier molecular flexibility index (Phi) is 7.09. The first-order valence-corrected chi connectivity index (χ1v) is 1.69. The van der Waals surface area contributed by atoms with Gasteiger partial charge in [0.15, 0.2) is 0 Å². The van der Waals surface area contributed by atoms with Gasteiger partial charge in [0.25, 0.3) is 0 Å². The molecule has 0 atom stereocenters. The van der Waals surface area contributed by atoms with E-state index in [1.54, 1.807) is 0 Å². The number of primary amides is 2. The summed E-state index contributed by atoms with van der Waals surface area (Å²) in [5.74, 6) is -1.08. The minimum atomic E-state index is -1.08. The number of urea groups is 1. The zero-order chi connectivity index (χ0) is 7.15. The standard InChI is InChI=1S/C2H4O2.CH4N2O/c1-2(3)4;2-1(3)4/h1H3,(H,3,4);(H4,2,3,4)/p-1. The van der Waals surface area contributed by atoms with Gasteiger partial charge >= 0.3 is 6.03 Å². The number of nitrogens with two attached hydrogens (primary N) is 2. The van der Waals surface area contributed by atoms with Crippen LogP contribution in [0.15, 0.2) is 0 Å². The Morgan fingerprint density at radius 2 is 1.38 bits per heavy atom. The van der Waals surface area contributed by atoms with Crippen LogP contribution in [0.1, 0.15) is 6.92 Å². The third-order valence-electron chi connectivity index (χ3n) is 0. The van der Waals surface area contributed by atoms with E-state index in [4.69, 9.17) is 14.7 Å². The van der Waals surface area contributed by atoms with Crippen molar-refractivity contribution in [1.29, 1.82) is 0 Å². The average molecular weight is 119 g/mol. The van der Waals surface area contributed by atoms with Crippen molar-refractivity contribution in [2.24, 2.45) is 11.5 Å². The minimum absolute atomic E-state index is 0.833. The van der Waals surface area contributed by atoms with Crippen LogP contribution >= 0.6 is 0 Å². The average Bonchev–Trinajstić information content (AvgIpc) is 1.25. The van der Waals surface area contributed by atoms with Gasteiger partial charge in [-0.15, -0.1) is 0 Å². The van der Waals surface area contributed by atoms with E-state index in [2.05, 4.69) is 11.5 Å². The van der Waals surface area contributed by atoms with Crippen LogP contribution in [0.25, 0.3) is 0 Å². The van der Waals surface area contributed by atoms with Crippen molar-refractivity contribution in [3.8, 4) is 0 Å². The third kappa shape index (κ3) is 41.8. The Hall–Kier alpha value is -1.26. The lowest BCUT2D eigenvalue weighted by Gasteiger charge is -1.77. The molecular formula is C3H7N2O3-. The molecule has 8 heavy (non-hydrogen) atoms. The lowest BCUT2D eigenvalue weighted by Crippen LogP contribution is -2.18. The molecule has 0 aromatic carbocycles. The summed E-state index contributed by atoms with van der Waals surface area (Å²) in [4.78, 5) is 17.9. The highest BCUT2D eigenvalue weighted by atomic mass is 16.4. The van der Waals surface area contributed by atoms with E-state index in [1.165, 1.54) is 0 Å². The van der Waals surface area contributed by atoms with Gasteiger partial charge in [0.2, 0.25) is 0 Å². The number of carbonyl (C=O) groups excluding carboxylic acids is 2. The van der Waals surface area contributed by atoms with Crippen molar-refractivity contribution in [3.63, 3.8) is 0 Å². The molecular weight excluding hydrogens is 112 g/mol. The first kappa shape index (κ1) is 9.88. The smallest absolute Gasteiger partial charge is 0.309 e. The molecule has 0 saturated carbocycles.